The van der Waals surface area contributed by atoms with Crippen LogP contribution in [0.15, 0.2) is 57.5 Å². The zero-order valence-corrected chi connectivity index (χ0v) is 17.3. The van der Waals surface area contributed by atoms with Gasteiger partial charge in [0.1, 0.15) is 0 Å². The molecule has 146 valence electrons. The fourth-order valence-corrected chi connectivity index (χ4v) is 4.60. The van der Waals surface area contributed by atoms with E-state index >= 15 is 0 Å². The Bertz CT molecular complexity index is 890. The SMILES string of the molecule is C[C@@H](Sc1nnc(-c2cccs2)o1)C(=O)N1CCN(Cc2ccccc2)CC1. The van der Waals surface area contributed by atoms with Crippen molar-refractivity contribution in [1.29, 1.82) is 0 Å². The molecule has 6 nitrogen and oxygen atoms in total. The van der Waals surface area contributed by atoms with Gasteiger partial charge in [-0.3, -0.25) is 9.69 Å². The van der Waals surface area contributed by atoms with Gasteiger partial charge in [0.15, 0.2) is 0 Å². The van der Waals surface area contributed by atoms with Gasteiger partial charge in [0, 0.05) is 32.7 Å². The Morgan fingerprint density at radius 2 is 1.93 bits per heavy atom. The quantitative estimate of drug-likeness (QED) is 0.574. The molecule has 2 aromatic heterocycles. The molecule has 4 rings (SSSR count). The van der Waals surface area contributed by atoms with Crippen molar-refractivity contribution in [2.75, 3.05) is 26.2 Å². The molecule has 1 aliphatic rings. The highest BCUT2D eigenvalue weighted by atomic mass is 32.2. The molecule has 3 heterocycles. The first-order valence-electron chi connectivity index (χ1n) is 9.28. The minimum atomic E-state index is -0.252. The predicted octanol–water partition coefficient (Wildman–Crippen LogP) is 3.62. The van der Waals surface area contributed by atoms with E-state index in [0.717, 1.165) is 37.6 Å². The number of rotatable bonds is 6. The summed E-state index contributed by atoms with van der Waals surface area (Å²) in [4.78, 5) is 18.1. The predicted molar refractivity (Wildman–Crippen MR) is 111 cm³/mol. The fourth-order valence-electron chi connectivity index (χ4n) is 3.18. The number of thiophene rings is 1. The number of piperazine rings is 1. The minimum absolute atomic E-state index is 0.125. The molecule has 0 N–H and O–H groups in total. The summed E-state index contributed by atoms with van der Waals surface area (Å²) >= 11 is 2.88. The van der Waals surface area contributed by atoms with Gasteiger partial charge in [-0.05, 0) is 23.9 Å². The van der Waals surface area contributed by atoms with E-state index in [2.05, 4.69) is 39.4 Å². The van der Waals surface area contributed by atoms with Gasteiger partial charge >= 0.3 is 0 Å². The molecule has 1 amide bonds. The third kappa shape index (κ3) is 4.63. The number of nitrogens with zero attached hydrogens (tertiary/aromatic N) is 4. The first-order chi connectivity index (χ1) is 13.7. The molecule has 0 unspecified atom stereocenters. The maximum absolute atomic E-state index is 12.8. The largest absolute Gasteiger partial charge is 0.410 e. The second-order valence-electron chi connectivity index (χ2n) is 6.70. The molecule has 0 spiro atoms. The fraction of sp³-hybridized carbons (Fsp3) is 0.350. The number of aromatic nitrogens is 2. The van der Waals surface area contributed by atoms with Gasteiger partial charge in [-0.25, -0.2) is 0 Å². The summed E-state index contributed by atoms with van der Waals surface area (Å²) in [5.41, 5.74) is 1.31. The number of amides is 1. The Balaban J connectivity index is 1.28. The Kier molecular flexibility index (Phi) is 6.09. The van der Waals surface area contributed by atoms with Crippen LogP contribution in [-0.4, -0.2) is 57.3 Å². The maximum atomic E-state index is 12.8. The number of carbonyl (C=O) groups is 1. The molecule has 1 atom stereocenters. The molecule has 1 fully saturated rings. The third-order valence-corrected chi connectivity index (χ3v) is 6.48. The second-order valence-corrected chi connectivity index (χ2v) is 8.94. The minimum Gasteiger partial charge on any atom is -0.410 e. The van der Waals surface area contributed by atoms with Gasteiger partial charge in [0.25, 0.3) is 11.1 Å². The monoisotopic (exact) mass is 414 g/mol. The van der Waals surface area contributed by atoms with Gasteiger partial charge in [-0.2, -0.15) is 0 Å². The Labute approximate surface area is 172 Å². The average Bonchev–Trinajstić information content (AvgIpc) is 3.40. The van der Waals surface area contributed by atoms with E-state index in [1.165, 1.54) is 17.3 Å². The molecule has 0 saturated carbocycles. The molecule has 28 heavy (non-hydrogen) atoms. The molecular weight excluding hydrogens is 392 g/mol. The highest BCUT2D eigenvalue weighted by Gasteiger charge is 2.27. The summed E-state index contributed by atoms with van der Waals surface area (Å²) in [6, 6.07) is 14.3. The summed E-state index contributed by atoms with van der Waals surface area (Å²) in [5.74, 6) is 0.631. The average molecular weight is 415 g/mol. The smallest absolute Gasteiger partial charge is 0.277 e. The summed E-state index contributed by atoms with van der Waals surface area (Å²) < 4.78 is 5.69. The normalized spacial score (nSPS) is 16.2. The van der Waals surface area contributed by atoms with Crippen LogP contribution >= 0.6 is 23.1 Å². The first-order valence-corrected chi connectivity index (χ1v) is 11.0. The molecule has 1 aromatic carbocycles. The lowest BCUT2D eigenvalue weighted by Gasteiger charge is -2.35. The van der Waals surface area contributed by atoms with Gasteiger partial charge in [0.2, 0.25) is 5.91 Å². The van der Waals surface area contributed by atoms with Crippen molar-refractivity contribution >= 4 is 29.0 Å². The van der Waals surface area contributed by atoms with Crippen molar-refractivity contribution in [1.82, 2.24) is 20.0 Å². The number of carbonyl (C=O) groups excluding carboxylic acids is 1. The van der Waals surface area contributed by atoms with Gasteiger partial charge in [-0.15, -0.1) is 21.5 Å². The highest BCUT2D eigenvalue weighted by molar-refractivity contribution is 8.00. The molecule has 1 aliphatic heterocycles. The van der Waals surface area contributed by atoms with E-state index in [1.807, 2.05) is 35.4 Å². The van der Waals surface area contributed by atoms with Crippen LogP contribution in [0.4, 0.5) is 0 Å². The van der Waals surface area contributed by atoms with Crippen LogP contribution in [0.1, 0.15) is 12.5 Å². The summed E-state index contributed by atoms with van der Waals surface area (Å²) in [6.45, 7) is 6.11. The lowest BCUT2D eigenvalue weighted by Crippen LogP contribution is -2.50. The van der Waals surface area contributed by atoms with Crippen LogP contribution in [0.2, 0.25) is 0 Å². The Morgan fingerprint density at radius 3 is 2.64 bits per heavy atom. The summed E-state index contributed by atoms with van der Waals surface area (Å²) in [5, 5.41) is 10.3. The number of hydrogen-bond donors (Lipinski definition) is 0. The second kappa shape index (κ2) is 8.89. The topological polar surface area (TPSA) is 62.5 Å². The number of hydrogen-bond acceptors (Lipinski definition) is 7. The molecule has 3 aromatic rings. The molecule has 0 bridgehead atoms. The van der Waals surface area contributed by atoms with Crippen LogP contribution < -0.4 is 0 Å². The Hall–Kier alpha value is -2.16. The van der Waals surface area contributed by atoms with E-state index in [0.29, 0.717) is 11.1 Å². The van der Waals surface area contributed by atoms with Crippen molar-refractivity contribution in [2.45, 2.75) is 23.9 Å². The molecule has 0 radical (unpaired) electrons. The zero-order chi connectivity index (χ0) is 19.3. The molecule has 0 aliphatic carbocycles. The van der Waals surface area contributed by atoms with E-state index in [-0.39, 0.29) is 11.2 Å². The van der Waals surface area contributed by atoms with Crippen molar-refractivity contribution in [3.05, 3.63) is 53.4 Å². The van der Waals surface area contributed by atoms with Crippen LogP contribution in [0.25, 0.3) is 10.8 Å². The molecular formula is C20H22N4O2S2. The van der Waals surface area contributed by atoms with Crippen molar-refractivity contribution in [2.24, 2.45) is 0 Å². The van der Waals surface area contributed by atoms with E-state index in [1.54, 1.807) is 11.3 Å². The van der Waals surface area contributed by atoms with Crippen molar-refractivity contribution in [3.63, 3.8) is 0 Å². The van der Waals surface area contributed by atoms with Crippen LogP contribution in [0, 0.1) is 0 Å². The first kappa shape index (κ1) is 19.2. The summed E-state index contributed by atoms with van der Waals surface area (Å²) in [7, 11) is 0. The van der Waals surface area contributed by atoms with Crippen LogP contribution in [0.3, 0.4) is 0 Å². The van der Waals surface area contributed by atoms with Crippen LogP contribution in [-0.2, 0) is 11.3 Å². The van der Waals surface area contributed by atoms with E-state index < -0.39 is 0 Å². The van der Waals surface area contributed by atoms with Crippen molar-refractivity contribution in [3.8, 4) is 10.8 Å². The zero-order valence-electron chi connectivity index (χ0n) is 15.7. The molecule has 8 heteroatoms. The number of benzene rings is 1. The summed E-state index contributed by atoms with van der Waals surface area (Å²) in [6.07, 6.45) is 0. The number of thioether (sulfide) groups is 1. The van der Waals surface area contributed by atoms with E-state index in [9.17, 15) is 4.79 Å². The van der Waals surface area contributed by atoms with Gasteiger partial charge in [0.05, 0.1) is 10.1 Å². The maximum Gasteiger partial charge on any atom is 0.277 e. The molecule has 1 saturated heterocycles. The highest BCUT2D eigenvalue weighted by Crippen LogP contribution is 2.29. The van der Waals surface area contributed by atoms with Crippen molar-refractivity contribution < 1.29 is 9.21 Å². The Morgan fingerprint density at radius 1 is 1.14 bits per heavy atom. The lowest BCUT2D eigenvalue weighted by molar-refractivity contribution is -0.132. The van der Waals surface area contributed by atoms with Gasteiger partial charge in [-0.1, -0.05) is 48.2 Å². The lowest BCUT2D eigenvalue weighted by atomic mass is 10.2. The van der Waals surface area contributed by atoms with Gasteiger partial charge < -0.3 is 9.32 Å². The van der Waals surface area contributed by atoms with Crippen LogP contribution in [0.5, 0.6) is 0 Å². The van der Waals surface area contributed by atoms with E-state index in [4.69, 9.17) is 4.42 Å². The third-order valence-electron chi connectivity index (χ3n) is 4.70. The standard InChI is InChI=1S/C20H22N4O2S2/c1-15(28-20-22-21-18(26-20)17-8-5-13-27-17)19(25)24-11-9-23(10-12-24)14-16-6-3-2-4-7-16/h2-8,13,15H,9-12,14H2,1H3/t15-/m1/s1.